The number of piperidine rings is 1. The standard InChI is InChI=1S/C21H25N3O/c1-15(2)25-18-7-6-17-14-23-21(19(17)13-18)16-8-9-22-20(12-16)24-10-4-3-5-11-24/h6-9,12-13,15H,3-5,10-11,14H2,1-2H3. The van der Waals surface area contributed by atoms with Crippen LogP contribution in [0.4, 0.5) is 5.82 Å². The zero-order chi connectivity index (χ0) is 17.2. The van der Waals surface area contributed by atoms with Gasteiger partial charge in [-0.2, -0.15) is 0 Å². The van der Waals surface area contributed by atoms with Crippen molar-refractivity contribution in [2.24, 2.45) is 4.99 Å². The van der Waals surface area contributed by atoms with Gasteiger partial charge in [-0.3, -0.25) is 4.99 Å². The Kier molecular flexibility index (Phi) is 4.43. The quantitative estimate of drug-likeness (QED) is 0.840. The van der Waals surface area contributed by atoms with E-state index in [1.807, 2.05) is 12.3 Å². The summed E-state index contributed by atoms with van der Waals surface area (Å²) in [5, 5.41) is 0. The van der Waals surface area contributed by atoms with E-state index in [-0.39, 0.29) is 6.10 Å². The molecule has 0 spiro atoms. The fourth-order valence-electron chi connectivity index (χ4n) is 3.62. The Labute approximate surface area is 149 Å². The molecule has 0 radical (unpaired) electrons. The zero-order valence-electron chi connectivity index (χ0n) is 15.0. The summed E-state index contributed by atoms with van der Waals surface area (Å²) in [6.07, 6.45) is 5.92. The van der Waals surface area contributed by atoms with E-state index in [0.717, 1.165) is 42.5 Å². The van der Waals surface area contributed by atoms with Crippen molar-refractivity contribution in [3.05, 3.63) is 53.2 Å². The van der Waals surface area contributed by atoms with Gasteiger partial charge in [0.1, 0.15) is 11.6 Å². The molecule has 130 valence electrons. The molecule has 0 unspecified atom stereocenters. The number of hydrogen-bond acceptors (Lipinski definition) is 4. The molecular formula is C21H25N3O. The van der Waals surface area contributed by atoms with Crippen LogP contribution in [0.1, 0.15) is 49.8 Å². The average molecular weight is 335 g/mol. The van der Waals surface area contributed by atoms with Crippen LogP contribution in [0.2, 0.25) is 0 Å². The molecule has 2 aliphatic rings. The van der Waals surface area contributed by atoms with Gasteiger partial charge >= 0.3 is 0 Å². The Morgan fingerprint density at radius 2 is 1.88 bits per heavy atom. The van der Waals surface area contributed by atoms with E-state index in [4.69, 9.17) is 9.73 Å². The number of pyridine rings is 1. The summed E-state index contributed by atoms with van der Waals surface area (Å²) in [7, 11) is 0. The lowest BCUT2D eigenvalue weighted by atomic mass is 10.00. The van der Waals surface area contributed by atoms with Crippen molar-refractivity contribution in [2.45, 2.75) is 45.8 Å². The summed E-state index contributed by atoms with van der Waals surface area (Å²) in [6.45, 7) is 7.05. The van der Waals surface area contributed by atoms with Gasteiger partial charge in [-0.15, -0.1) is 0 Å². The third kappa shape index (κ3) is 3.39. The normalized spacial score (nSPS) is 16.8. The summed E-state index contributed by atoms with van der Waals surface area (Å²) < 4.78 is 5.87. The molecule has 25 heavy (non-hydrogen) atoms. The number of nitrogens with zero attached hydrogens (tertiary/aromatic N) is 3. The van der Waals surface area contributed by atoms with Crippen molar-refractivity contribution in [1.29, 1.82) is 0 Å². The van der Waals surface area contributed by atoms with Crippen LogP contribution < -0.4 is 9.64 Å². The van der Waals surface area contributed by atoms with Crippen molar-refractivity contribution < 1.29 is 4.74 Å². The average Bonchev–Trinajstić information content (AvgIpc) is 3.05. The van der Waals surface area contributed by atoms with Crippen LogP contribution in [0, 0.1) is 0 Å². The van der Waals surface area contributed by atoms with Gasteiger partial charge in [-0.25, -0.2) is 4.98 Å². The molecule has 1 aromatic heterocycles. The molecule has 1 saturated heterocycles. The number of anilines is 1. The van der Waals surface area contributed by atoms with E-state index >= 15 is 0 Å². The van der Waals surface area contributed by atoms with E-state index in [1.54, 1.807) is 0 Å². The van der Waals surface area contributed by atoms with Crippen LogP contribution >= 0.6 is 0 Å². The highest BCUT2D eigenvalue weighted by atomic mass is 16.5. The van der Waals surface area contributed by atoms with Gasteiger partial charge in [-0.1, -0.05) is 6.07 Å². The second kappa shape index (κ2) is 6.87. The van der Waals surface area contributed by atoms with Crippen molar-refractivity contribution in [3.8, 4) is 5.75 Å². The molecule has 4 nitrogen and oxygen atoms in total. The maximum atomic E-state index is 5.87. The molecule has 0 bridgehead atoms. The van der Waals surface area contributed by atoms with Crippen molar-refractivity contribution in [2.75, 3.05) is 18.0 Å². The number of hydrogen-bond donors (Lipinski definition) is 0. The lowest BCUT2D eigenvalue weighted by Gasteiger charge is -2.28. The van der Waals surface area contributed by atoms with Crippen LogP contribution in [0.25, 0.3) is 0 Å². The van der Waals surface area contributed by atoms with Gasteiger partial charge in [-0.05, 0) is 62.9 Å². The first-order chi connectivity index (χ1) is 12.2. The number of ether oxygens (including phenoxy) is 1. The Morgan fingerprint density at radius 1 is 1.04 bits per heavy atom. The van der Waals surface area contributed by atoms with Crippen LogP contribution in [0.5, 0.6) is 5.75 Å². The van der Waals surface area contributed by atoms with E-state index in [1.165, 1.54) is 30.4 Å². The fraction of sp³-hybridized carbons (Fsp3) is 0.429. The van der Waals surface area contributed by atoms with Gasteiger partial charge in [0.05, 0.1) is 18.4 Å². The van der Waals surface area contributed by atoms with Gasteiger partial charge in [0.15, 0.2) is 0 Å². The minimum atomic E-state index is 0.173. The molecule has 0 amide bonds. The van der Waals surface area contributed by atoms with Gasteiger partial charge < -0.3 is 9.64 Å². The third-order valence-corrected chi connectivity index (χ3v) is 4.81. The Bertz CT molecular complexity index is 791. The highest BCUT2D eigenvalue weighted by Crippen LogP contribution is 2.29. The number of aromatic nitrogens is 1. The van der Waals surface area contributed by atoms with Gasteiger partial charge in [0, 0.05) is 30.4 Å². The predicted molar refractivity (Wildman–Crippen MR) is 102 cm³/mol. The van der Waals surface area contributed by atoms with E-state index < -0.39 is 0 Å². The molecule has 0 aliphatic carbocycles. The van der Waals surface area contributed by atoms with Gasteiger partial charge in [0.2, 0.25) is 0 Å². The second-order valence-electron chi connectivity index (χ2n) is 7.10. The van der Waals surface area contributed by atoms with E-state index in [9.17, 15) is 0 Å². The molecule has 4 rings (SSSR count). The molecule has 0 atom stereocenters. The van der Waals surface area contributed by atoms with Gasteiger partial charge in [0.25, 0.3) is 0 Å². The first kappa shape index (κ1) is 16.1. The van der Waals surface area contributed by atoms with Crippen molar-refractivity contribution >= 4 is 11.5 Å². The molecule has 1 fully saturated rings. The maximum Gasteiger partial charge on any atom is 0.129 e. The summed E-state index contributed by atoms with van der Waals surface area (Å²) >= 11 is 0. The van der Waals surface area contributed by atoms with Crippen LogP contribution in [-0.4, -0.2) is 29.9 Å². The summed E-state index contributed by atoms with van der Waals surface area (Å²) in [5.41, 5.74) is 4.66. The highest BCUT2D eigenvalue weighted by Gasteiger charge is 2.20. The SMILES string of the molecule is CC(C)Oc1ccc2c(c1)C(c1ccnc(N3CCCCC3)c1)=NC2. The summed E-state index contributed by atoms with van der Waals surface area (Å²) in [4.78, 5) is 11.8. The first-order valence-corrected chi connectivity index (χ1v) is 9.26. The largest absolute Gasteiger partial charge is 0.491 e. The molecule has 0 N–H and O–H groups in total. The maximum absolute atomic E-state index is 5.87. The number of benzene rings is 1. The first-order valence-electron chi connectivity index (χ1n) is 9.26. The molecule has 0 saturated carbocycles. The number of aliphatic imine (C=N–C) groups is 1. The second-order valence-corrected chi connectivity index (χ2v) is 7.10. The topological polar surface area (TPSA) is 37.7 Å². The van der Waals surface area contributed by atoms with E-state index in [0.29, 0.717) is 0 Å². The van der Waals surface area contributed by atoms with Crippen LogP contribution in [0.3, 0.4) is 0 Å². The lowest BCUT2D eigenvalue weighted by molar-refractivity contribution is 0.242. The molecular weight excluding hydrogens is 310 g/mol. The smallest absolute Gasteiger partial charge is 0.129 e. The highest BCUT2D eigenvalue weighted by molar-refractivity contribution is 6.15. The van der Waals surface area contributed by atoms with E-state index in [2.05, 4.69) is 48.0 Å². The molecule has 3 heterocycles. The zero-order valence-corrected chi connectivity index (χ0v) is 15.0. The number of fused-ring (bicyclic) bond motifs is 1. The summed E-state index contributed by atoms with van der Waals surface area (Å²) in [5.74, 6) is 1.98. The third-order valence-electron chi connectivity index (χ3n) is 4.81. The van der Waals surface area contributed by atoms with Crippen molar-refractivity contribution in [3.63, 3.8) is 0 Å². The predicted octanol–water partition coefficient (Wildman–Crippen LogP) is 4.21. The fourth-order valence-corrected chi connectivity index (χ4v) is 3.62. The summed E-state index contributed by atoms with van der Waals surface area (Å²) in [6, 6.07) is 10.6. The Balaban J connectivity index is 1.64. The minimum absolute atomic E-state index is 0.173. The molecule has 2 aliphatic heterocycles. The Hall–Kier alpha value is -2.36. The molecule has 2 aromatic rings. The van der Waals surface area contributed by atoms with Crippen molar-refractivity contribution in [1.82, 2.24) is 4.98 Å². The Morgan fingerprint density at radius 3 is 2.68 bits per heavy atom. The van der Waals surface area contributed by atoms with Crippen LogP contribution in [0.15, 0.2) is 41.5 Å². The minimum Gasteiger partial charge on any atom is -0.491 e. The molecule has 4 heteroatoms. The monoisotopic (exact) mass is 335 g/mol. The van der Waals surface area contributed by atoms with Crippen LogP contribution in [-0.2, 0) is 6.54 Å². The number of rotatable bonds is 4. The lowest BCUT2D eigenvalue weighted by Crippen LogP contribution is -2.30. The molecule has 1 aromatic carbocycles.